The molecule has 2 aliphatic heterocycles. The van der Waals surface area contributed by atoms with Crippen molar-refractivity contribution in [3.8, 4) is 0 Å². The van der Waals surface area contributed by atoms with E-state index in [9.17, 15) is 14.4 Å². The Morgan fingerprint density at radius 3 is 2.76 bits per heavy atom. The van der Waals surface area contributed by atoms with E-state index in [1.165, 1.54) is 4.90 Å². The molecule has 2 aliphatic rings. The van der Waals surface area contributed by atoms with Gasteiger partial charge in [0, 0.05) is 18.2 Å². The molecule has 25 heavy (non-hydrogen) atoms. The summed E-state index contributed by atoms with van der Waals surface area (Å²) in [4.78, 5) is 38.7. The van der Waals surface area contributed by atoms with Crippen LogP contribution in [-0.2, 0) is 0 Å². The lowest BCUT2D eigenvalue weighted by molar-refractivity contribution is 0.0652. The molecule has 1 saturated heterocycles. The van der Waals surface area contributed by atoms with Crippen molar-refractivity contribution in [2.75, 3.05) is 19.6 Å². The molecule has 0 bridgehead atoms. The molecule has 2 heterocycles. The first-order chi connectivity index (χ1) is 12.0. The third kappa shape index (κ3) is 3.44. The highest BCUT2D eigenvalue weighted by Gasteiger charge is 2.35. The van der Waals surface area contributed by atoms with Crippen molar-refractivity contribution < 1.29 is 14.4 Å². The van der Waals surface area contributed by atoms with Gasteiger partial charge < -0.3 is 10.6 Å². The Balaban J connectivity index is 1.76. The van der Waals surface area contributed by atoms with Crippen LogP contribution in [0.15, 0.2) is 18.2 Å². The average molecular weight is 343 g/mol. The lowest BCUT2D eigenvalue weighted by Gasteiger charge is -2.30. The first kappa shape index (κ1) is 17.6. The van der Waals surface area contributed by atoms with E-state index < -0.39 is 0 Å². The van der Waals surface area contributed by atoms with Crippen LogP contribution in [-0.4, -0.2) is 48.3 Å². The Bertz CT molecular complexity index is 701. The molecular weight excluding hydrogens is 318 g/mol. The van der Waals surface area contributed by atoms with Crippen LogP contribution in [0, 0.1) is 5.92 Å². The van der Waals surface area contributed by atoms with Crippen molar-refractivity contribution in [1.82, 2.24) is 15.5 Å². The van der Waals surface area contributed by atoms with Crippen molar-refractivity contribution in [2.45, 2.75) is 39.2 Å². The van der Waals surface area contributed by atoms with E-state index in [1.54, 1.807) is 18.2 Å². The maximum absolute atomic E-state index is 12.6. The minimum Gasteiger partial charge on any atom is -0.349 e. The van der Waals surface area contributed by atoms with Gasteiger partial charge in [-0.3, -0.25) is 19.3 Å². The molecule has 0 saturated carbocycles. The summed E-state index contributed by atoms with van der Waals surface area (Å²) in [7, 11) is 0. The summed E-state index contributed by atoms with van der Waals surface area (Å²) in [6, 6.07) is 4.92. The number of carbonyl (C=O) groups excluding carboxylic acids is 3. The minimum atomic E-state index is -0.293. The number of benzene rings is 1. The summed E-state index contributed by atoms with van der Waals surface area (Å²) in [5.41, 5.74) is 1.17. The molecular formula is C19H25N3O3. The quantitative estimate of drug-likeness (QED) is 0.799. The highest BCUT2D eigenvalue weighted by molar-refractivity contribution is 6.22. The predicted octanol–water partition coefficient (Wildman–Crippen LogP) is 1.81. The molecule has 2 unspecified atom stereocenters. The molecule has 0 spiro atoms. The molecule has 1 fully saturated rings. The zero-order valence-electron chi connectivity index (χ0n) is 14.8. The van der Waals surface area contributed by atoms with Gasteiger partial charge in [-0.05, 0) is 50.0 Å². The second-order valence-electron chi connectivity index (χ2n) is 6.93. The van der Waals surface area contributed by atoms with Crippen molar-refractivity contribution in [2.24, 2.45) is 5.92 Å². The summed E-state index contributed by atoms with van der Waals surface area (Å²) in [6.07, 6.45) is 2.59. The number of fused-ring (bicyclic) bond motifs is 1. The van der Waals surface area contributed by atoms with Gasteiger partial charge in [-0.1, -0.05) is 20.3 Å². The summed E-state index contributed by atoms with van der Waals surface area (Å²) in [5, 5.41) is 6.36. The van der Waals surface area contributed by atoms with Crippen molar-refractivity contribution >= 4 is 17.7 Å². The first-order valence-corrected chi connectivity index (χ1v) is 9.04. The highest BCUT2D eigenvalue weighted by Crippen LogP contribution is 2.24. The third-order valence-electron chi connectivity index (χ3n) is 5.07. The van der Waals surface area contributed by atoms with Crippen LogP contribution in [0.3, 0.4) is 0 Å². The number of hydrogen-bond acceptors (Lipinski definition) is 4. The van der Waals surface area contributed by atoms with Gasteiger partial charge in [-0.2, -0.15) is 0 Å². The molecule has 2 N–H and O–H groups in total. The molecule has 1 aromatic carbocycles. The molecule has 1 aromatic rings. The number of hydrogen-bond donors (Lipinski definition) is 2. The predicted molar refractivity (Wildman–Crippen MR) is 94.6 cm³/mol. The van der Waals surface area contributed by atoms with Gasteiger partial charge in [0.05, 0.1) is 11.1 Å². The van der Waals surface area contributed by atoms with Gasteiger partial charge in [0.2, 0.25) is 0 Å². The summed E-state index contributed by atoms with van der Waals surface area (Å²) < 4.78 is 0. The van der Waals surface area contributed by atoms with E-state index in [-0.39, 0.29) is 23.8 Å². The SMILES string of the molecule is CCCCN1C(=O)c2ccc(C(=O)NC3CCNCC3C)cc2C1=O. The summed E-state index contributed by atoms with van der Waals surface area (Å²) in [6.45, 7) is 6.32. The lowest BCUT2D eigenvalue weighted by atomic mass is 9.95. The number of amides is 3. The van der Waals surface area contributed by atoms with E-state index in [1.807, 2.05) is 6.92 Å². The minimum absolute atomic E-state index is 0.125. The van der Waals surface area contributed by atoms with Crippen LogP contribution in [0.4, 0.5) is 0 Å². The number of nitrogens with zero attached hydrogens (tertiary/aromatic N) is 1. The Labute approximate surface area is 148 Å². The normalized spacial score (nSPS) is 22.9. The van der Waals surface area contributed by atoms with Crippen LogP contribution in [0.25, 0.3) is 0 Å². The van der Waals surface area contributed by atoms with Gasteiger partial charge in [-0.25, -0.2) is 0 Å². The maximum Gasteiger partial charge on any atom is 0.261 e. The fourth-order valence-electron chi connectivity index (χ4n) is 3.43. The second-order valence-corrected chi connectivity index (χ2v) is 6.93. The number of nitrogens with one attached hydrogen (secondary N) is 2. The Morgan fingerprint density at radius 1 is 1.28 bits per heavy atom. The molecule has 0 radical (unpaired) electrons. The number of imide groups is 1. The standard InChI is InChI=1S/C19H25N3O3/c1-3-4-9-22-18(24)14-6-5-13(10-15(14)19(22)25)17(23)21-16-7-8-20-11-12(16)2/h5-6,10,12,16,20H,3-4,7-9,11H2,1-2H3,(H,21,23). The van der Waals surface area contributed by atoms with E-state index in [0.717, 1.165) is 32.4 Å². The van der Waals surface area contributed by atoms with Gasteiger partial charge in [0.25, 0.3) is 17.7 Å². The van der Waals surface area contributed by atoms with Crippen LogP contribution in [0.1, 0.15) is 64.2 Å². The van der Waals surface area contributed by atoms with Gasteiger partial charge >= 0.3 is 0 Å². The largest absolute Gasteiger partial charge is 0.349 e. The topological polar surface area (TPSA) is 78.5 Å². The van der Waals surface area contributed by atoms with Crippen LogP contribution in [0.2, 0.25) is 0 Å². The monoisotopic (exact) mass is 343 g/mol. The highest BCUT2D eigenvalue weighted by atomic mass is 16.2. The van der Waals surface area contributed by atoms with E-state index >= 15 is 0 Å². The van der Waals surface area contributed by atoms with E-state index in [2.05, 4.69) is 17.6 Å². The zero-order chi connectivity index (χ0) is 18.0. The molecule has 6 heteroatoms. The zero-order valence-corrected chi connectivity index (χ0v) is 14.8. The van der Waals surface area contributed by atoms with Crippen LogP contribution in [0.5, 0.6) is 0 Å². The Kier molecular flexibility index (Phi) is 5.18. The number of rotatable bonds is 5. The molecule has 3 rings (SSSR count). The molecule has 6 nitrogen and oxygen atoms in total. The first-order valence-electron chi connectivity index (χ1n) is 9.04. The maximum atomic E-state index is 12.6. The fourth-order valence-corrected chi connectivity index (χ4v) is 3.43. The van der Waals surface area contributed by atoms with Gasteiger partial charge in [-0.15, -0.1) is 0 Å². The molecule has 0 aliphatic carbocycles. The molecule has 134 valence electrons. The van der Waals surface area contributed by atoms with E-state index in [4.69, 9.17) is 0 Å². The van der Waals surface area contributed by atoms with Crippen LogP contribution < -0.4 is 10.6 Å². The van der Waals surface area contributed by atoms with Gasteiger partial charge in [0.15, 0.2) is 0 Å². The fraction of sp³-hybridized carbons (Fsp3) is 0.526. The molecule has 3 amide bonds. The lowest BCUT2D eigenvalue weighted by Crippen LogP contribution is -2.48. The van der Waals surface area contributed by atoms with Crippen molar-refractivity contribution in [1.29, 1.82) is 0 Å². The summed E-state index contributed by atoms with van der Waals surface area (Å²) >= 11 is 0. The smallest absolute Gasteiger partial charge is 0.261 e. The second kappa shape index (κ2) is 7.35. The van der Waals surface area contributed by atoms with Crippen molar-refractivity contribution in [3.05, 3.63) is 34.9 Å². The van der Waals surface area contributed by atoms with E-state index in [0.29, 0.717) is 29.2 Å². The summed E-state index contributed by atoms with van der Waals surface area (Å²) in [5.74, 6) is -0.376. The molecule has 0 aromatic heterocycles. The van der Waals surface area contributed by atoms with Crippen LogP contribution >= 0.6 is 0 Å². The Morgan fingerprint density at radius 2 is 2.04 bits per heavy atom. The van der Waals surface area contributed by atoms with Crippen molar-refractivity contribution in [3.63, 3.8) is 0 Å². The Hall–Kier alpha value is -2.21. The van der Waals surface area contributed by atoms with Gasteiger partial charge in [0.1, 0.15) is 0 Å². The number of unbranched alkanes of at least 4 members (excludes halogenated alkanes) is 1. The number of carbonyl (C=O) groups is 3. The third-order valence-corrected chi connectivity index (χ3v) is 5.07. The number of piperidine rings is 1. The molecule has 2 atom stereocenters. The average Bonchev–Trinajstić information content (AvgIpc) is 2.85.